The van der Waals surface area contributed by atoms with Crippen LogP contribution in [0.25, 0.3) is 0 Å². The number of carbonyl (C=O) groups excluding carboxylic acids is 2. The van der Waals surface area contributed by atoms with Crippen LogP contribution < -0.4 is 10.6 Å². The third kappa shape index (κ3) is 5.33. The molecule has 0 fully saturated rings. The van der Waals surface area contributed by atoms with Gasteiger partial charge in [-0.1, -0.05) is 48.5 Å². The van der Waals surface area contributed by atoms with E-state index in [2.05, 4.69) is 15.6 Å². The molecule has 7 heteroatoms. The fourth-order valence-electron chi connectivity index (χ4n) is 2.88. The van der Waals surface area contributed by atoms with Gasteiger partial charge in [-0.05, 0) is 23.6 Å². The van der Waals surface area contributed by atoms with Crippen LogP contribution in [0.4, 0.5) is 10.5 Å². The highest BCUT2D eigenvalue weighted by atomic mass is 16.6. The van der Waals surface area contributed by atoms with E-state index < -0.39 is 18.1 Å². The summed E-state index contributed by atoms with van der Waals surface area (Å²) in [6, 6.07) is 16.5. The number of carbonyl (C=O) groups is 2. The maximum Gasteiger partial charge on any atom is 0.408 e. The van der Waals surface area contributed by atoms with Gasteiger partial charge in [-0.2, -0.15) is 0 Å². The number of methoxy groups -OCH3 is 1. The number of aliphatic imine (C=N–C) groups is 1. The van der Waals surface area contributed by atoms with Gasteiger partial charge >= 0.3 is 12.1 Å². The number of anilines is 1. The Morgan fingerprint density at radius 1 is 1.14 bits per heavy atom. The van der Waals surface area contributed by atoms with Gasteiger partial charge < -0.3 is 20.1 Å². The van der Waals surface area contributed by atoms with E-state index in [1.54, 1.807) is 0 Å². The van der Waals surface area contributed by atoms with Crippen LogP contribution in [-0.4, -0.2) is 31.0 Å². The zero-order chi connectivity index (χ0) is 19.8. The molecule has 3 rings (SSSR count). The first-order valence-electron chi connectivity index (χ1n) is 9.09. The normalized spacial score (nSPS) is 13.4. The van der Waals surface area contributed by atoms with Crippen LogP contribution in [0.2, 0.25) is 0 Å². The molecule has 0 saturated carbocycles. The predicted octanol–water partition coefficient (Wildman–Crippen LogP) is 3.26. The quantitative estimate of drug-likeness (QED) is 0.719. The summed E-state index contributed by atoms with van der Waals surface area (Å²) in [6.45, 7) is 0.722. The number of ether oxygens (including phenoxy) is 2. The molecule has 0 saturated heterocycles. The van der Waals surface area contributed by atoms with E-state index >= 15 is 0 Å². The molecule has 2 aromatic rings. The van der Waals surface area contributed by atoms with Gasteiger partial charge in [0.25, 0.3) is 0 Å². The molecule has 1 aliphatic heterocycles. The van der Waals surface area contributed by atoms with Crippen LogP contribution in [0.3, 0.4) is 0 Å². The number of amides is 1. The number of nitrogens with one attached hydrogen (secondary N) is 2. The molecular formula is C21H23N3O4. The van der Waals surface area contributed by atoms with E-state index in [0.717, 1.165) is 22.6 Å². The molecule has 1 aliphatic rings. The number of nitrogens with zero attached hydrogens (tertiary/aromatic N) is 1. The number of fused-ring (bicyclic) bond motifs is 1. The number of alkyl carbamates (subject to hydrolysis) is 1. The van der Waals surface area contributed by atoms with E-state index in [1.807, 2.05) is 54.6 Å². The lowest BCUT2D eigenvalue weighted by molar-refractivity contribution is -0.143. The third-order valence-electron chi connectivity index (χ3n) is 4.40. The largest absolute Gasteiger partial charge is 0.467 e. The van der Waals surface area contributed by atoms with Crippen LogP contribution in [0.15, 0.2) is 59.6 Å². The highest BCUT2D eigenvalue weighted by Crippen LogP contribution is 2.21. The van der Waals surface area contributed by atoms with E-state index in [1.165, 1.54) is 7.11 Å². The minimum atomic E-state index is -0.810. The number of hydrogen-bond acceptors (Lipinski definition) is 6. The Morgan fingerprint density at radius 2 is 1.89 bits per heavy atom. The Bertz CT molecular complexity index is 852. The average Bonchev–Trinajstić information content (AvgIpc) is 2.75. The van der Waals surface area contributed by atoms with Crippen LogP contribution >= 0.6 is 0 Å². The topological polar surface area (TPSA) is 89.0 Å². The zero-order valence-electron chi connectivity index (χ0n) is 15.7. The van der Waals surface area contributed by atoms with Crippen molar-refractivity contribution in [3.63, 3.8) is 0 Å². The summed E-state index contributed by atoms with van der Waals surface area (Å²) in [6.07, 6.45) is 0.178. The smallest absolute Gasteiger partial charge is 0.408 e. The van der Waals surface area contributed by atoms with Crippen molar-refractivity contribution >= 4 is 23.6 Å². The number of hydrogen-bond donors (Lipinski definition) is 2. The number of amidine groups is 1. The van der Waals surface area contributed by atoms with Gasteiger partial charge in [-0.3, -0.25) is 4.99 Å². The van der Waals surface area contributed by atoms with Crippen LogP contribution in [0, 0.1) is 0 Å². The van der Waals surface area contributed by atoms with Crippen molar-refractivity contribution in [3.8, 4) is 0 Å². The van der Waals surface area contributed by atoms with Gasteiger partial charge in [0.2, 0.25) is 0 Å². The van der Waals surface area contributed by atoms with Crippen molar-refractivity contribution in [1.29, 1.82) is 0 Å². The van der Waals surface area contributed by atoms with Gasteiger partial charge in [-0.15, -0.1) is 0 Å². The molecular weight excluding hydrogens is 358 g/mol. The molecule has 1 amide bonds. The van der Waals surface area contributed by atoms with Gasteiger partial charge in [0.15, 0.2) is 0 Å². The molecule has 0 aromatic heterocycles. The lowest BCUT2D eigenvalue weighted by Crippen LogP contribution is -2.42. The van der Waals surface area contributed by atoms with Crippen molar-refractivity contribution in [3.05, 3.63) is 65.7 Å². The molecule has 0 spiro atoms. The first kappa shape index (κ1) is 19.4. The Balaban J connectivity index is 1.52. The van der Waals surface area contributed by atoms with E-state index in [9.17, 15) is 9.59 Å². The van der Waals surface area contributed by atoms with E-state index in [0.29, 0.717) is 19.4 Å². The lowest BCUT2D eigenvalue weighted by atomic mass is 10.1. The maximum absolute atomic E-state index is 12.1. The van der Waals surface area contributed by atoms with Crippen LogP contribution in [0.1, 0.15) is 24.0 Å². The van der Waals surface area contributed by atoms with E-state index in [4.69, 9.17) is 9.47 Å². The molecule has 2 aromatic carbocycles. The van der Waals surface area contributed by atoms with Gasteiger partial charge in [0.05, 0.1) is 13.7 Å². The molecule has 2 N–H and O–H groups in total. The molecule has 0 unspecified atom stereocenters. The molecule has 146 valence electrons. The van der Waals surface area contributed by atoms with Crippen molar-refractivity contribution in [2.45, 2.75) is 32.0 Å². The average molecular weight is 381 g/mol. The number of esters is 1. The summed E-state index contributed by atoms with van der Waals surface area (Å²) in [5, 5.41) is 5.84. The summed E-state index contributed by atoms with van der Waals surface area (Å²) >= 11 is 0. The van der Waals surface area contributed by atoms with Crippen LogP contribution in [-0.2, 0) is 27.4 Å². The van der Waals surface area contributed by atoms with E-state index in [-0.39, 0.29) is 6.61 Å². The summed E-state index contributed by atoms with van der Waals surface area (Å²) < 4.78 is 9.99. The molecule has 1 heterocycles. The zero-order valence-corrected chi connectivity index (χ0v) is 15.7. The van der Waals surface area contributed by atoms with Gasteiger partial charge in [0.1, 0.15) is 18.5 Å². The molecule has 0 radical (unpaired) electrons. The second-order valence-electron chi connectivity index (χ2n) is 6.37. The second kappa shape index (κ2) is 9.55. The fraction of sp³-hybridized carbons (Fsp3) is 0.286. The van der Waals surface area contributed by atoms with Crippen molar-refractivity contribution < 1.29 is 19.1 Å². The summed E-state index contributed by atoms with van der Waals surface area (Å²) in [4.78, 5) is 28.6. The van der Waals surface area contributed by atoms with Crippen molar-refractivity contribution in [2.75, 3.05) is 12.4 Å². The van der Waals surface area contributed by atoms with Gasteiger partial charge in [0, 0.05) is 12.1 Å². The standard InChI is InChI=1S/C21H23N3O4/c1-27-20(25)18(24-21(26)28-14-15-7-3-2-4-8-15)11-12-19-22-13-16-9-5-6-10-17(16)23-19/h2-10,18H,11-14H2,1H3,(H,22,23)(H,24,26)/t18-/m0/s1. The number of rotatable bonds is 7. The molecule has 0 aliphatic carbocycles. The Morgan fingerprint density at radius 3 is 2.68 bits per heavy atom. The van der Waals surface area contributed by atoms with Crippen LogP contribution in [0.5, 0.6) is 0 Å². The SMILES string of the molecule is COC(=O)[C@H](CCC1=NCc2ccccc2N1)NC(=O)OCc1ccccc1. The highest BCUT2D eigenvalue weighted by Gasteiger charge is 2.23. The summed E-state index contributed by atoms with van der Waals surface area (Å²) in [5.41, 5.74) is 3.00. The monoisotopic (exact) mass is 381 g/mol. The molecule has 28 heavy (non-hydrogen) atoms. The molecule has 7 nitrogen and oxygen atoms in total. The first-order valence-corrected chi connectivity index (χ1v) is 9.09. The Hall–Kier alpha value is -3.35. The molecule has 1 atom stereocenters. The first-order chi connectivity index (χ1) is 13.7. The molecule has 0 bridgehead atoms. The third-order valence-corrected chi connectivity index (χ3v) is 4.40. The lowest BCUT2D eigenvalue weighted by Gasteiger charge is -2.20. The summed E-state index contributed by atoms with van der Waals surface area (Å²) in [5.74, 6) is 0.250. The van der Waals surface area contributed by atoms with Crippen molar-refractivity contribution in [1.82, 2.24) is 5.32 Å². The Labute approximate surface area is 163 Å². The maximum atomic E-state index is 12.1. The number of benzene rings is 2. The minimum absolute atomic E-state index is 0.131. The summed E-state index contributed by atoms with van der Waals surface area (Å²) in [7, 11) is 1.29. The predicted molar refractivity (Wildman–Crippen MR) is 106 cm³/mol. The van der Waals surface area contributed by atoms with Gasteiger partial charge in [-0.25, -0.2) is 9.59 Å². The minimum Gasteiger partial charge on any atom is -0.467 e. The Kier molecular flexibility index (Phi) is 6.62. The highest BCUT2D eigenvalue weighted by molar-refractivity contribution is 5.97. The second-order valence-corrected chi connectivity index (χ2v) is 6.37. The fourth-order valence-corrected chi connectivity index (χ4v) is 2.88. The van der Waals surface area contributed by atoms with Crippen molar-refractivity contribution in [2.24, 2.45) is 4.99 Å². The number of para-hydroxylation sites is 1.